The third kappa shape index (κ3) is 4.05. The minimum atomic E-state index is 0.0976. The highest BCUT2D eigenvalue weighted by Crippen LogP contribution is 2.41. The molecular formula is C27H20N2S2. The van der Waals surface area contributed by atoms with Gasteiger partial charge in [-0.1, -0.05) is 115 Å². The highest BCUT2D eigenvalue weighted by Gasteiger charge is 2.20. The monoisotopic (exact) mass is 436 g/mol. The second kappa shape index (κ2) is 8.88. The number of para-hydroxylation sites is 2. The molecular weight excluding hydrogens is 416 g/mol. The fourth-order valence-corrected chi connectivity index (χ4v) is 5.36. The standard InChI is InChI=1S/C27H20N2S2/c30-26-23-18-10-11-19-24(23)28-27(29(26)22-16-8-3-9-17-22)31-25(20-12-4-1-5-13-20)21-14-6-2-7-15-21/h1-19,25H. The number of aromatic nitrogens is 2. The second-order valence-electron chi connectivity index (χ2n) is 7.21. The Labute approximate surface area is 191 Å². The van der Waals surface area contributed by atoms with Crippen molar-refractivity contribution in [3.63, 3.8) is 0 Å². The molecule has 0 saturated carbocycles. The summed E-state index contributed by atoms with van der Waals surface area (Å²) < 4.78 is 2.88. The Hall–Kier alpha value is -3.21. The summed E-state index contributed by atoms with van der Waals surface area (Å²) in [6, 6.07) is 39.5. The molecule has 1 aromatic heterocycles. The molecule has 0 fully saturated rings. The minimum absolute atomic E-state index is 0.0976. The highest BCUT2D eigenvalue weighted by atomic mass is 32.2. The molecule has 0 radical (unpaired) electrons. The Morgan fingerprint density at radius 3 is 1.77 bits per heavy atom. The molecule has 0 saturated heterocycles. The van der Waals surface area contributed by atoms with E-state index in [0.29, 0.717) is 0 Å². The lowest BCUT2D eigenvalue weighted by atomic mass is 10.0. The average Bonchev–Trinajstić information content (AvgIpc) is 2.84. The number of thioether (sulfide) groups is 1. The maximum absolute atomic E-state index is 5.96. The quantitative estimate of drug-likeness (QED) is 0.160. The summed E-state index contributed by atoms with van der Waals surface area (Å²) in [5, 5.41) is 1.97. The van der Waals surface area contributed by atoms with Gasteiger partial charge in [0.15, 0.2) is 5.16 Å². The zero-order valence-corrected chi connectivity index (χ0v) is 18.4. The molecule has 4 heteroatoms. The Balaban J connectivity index is 1.72. The summed E-state index contributed by atoms with van der Waals surface area (Å²) in [5.41, 5.74) is 4.41. The molecule has 0 spiro atoms. The Morgan fingerprint density at radius 2 is 1.16 bits per heavy atom. The minimum Gasteiger partial charge on any atom is -0.279 e. The van der Waals surface area contributed by atoms with Gasteiger partial charge in [-0.2, -0.15) is 0 Å². The summed E-state index contributed by atoms with van der Waals surface area (Å²) in [7, 11) is 0. The first-order valence-electron chi connectivity index (χ1n) is 10.1. The van der Waals surface area contributed by atoms with Crippen LogP contribution in [0.3, 0.4) is 0 Å². The van der Waals surface area contributed by atoms with E-state index in [1.54, 1.807) is 11.8 Å². The number of benzene rings is 4. The van der Waals surface area contributed by atoms with Gasteiger partial charge < -0.3 is 0 Å². The highest BCUT2D eigenvalue weighted by molar-refractivity contribution is 7.99. The molecule has 5 rings (SSSR count). The van der Waals surface area contributed by atoms with E-state index < -0.39 is 0 Å². The van der Waals surface area contributed by atoms with Crippen LogP contribution in [0.4, 0.5) is 0 Å². The van der Waals surface area contributed by atoms with Gasteiger partial charge in [0.25, 0.3) is 0 Å². The van der Waals surface area contributed by atoms with Crippen molar-refractivity contribution < 1.29 is 0 Å². The van der Waals surface area contributed by atoms with E-state index in [-0.39, 0.29) is 5.25 Å². The molecule has 0 aliphatic rings. The van der Waals surface area contributed by atoms with Crippen molar-refractivity contribution in [2.24, 2.45) is 0 Å². The fourth-order valence-electron chi connectivity index (χ4n) is 3.69. The van der Waals surface area contributed by atoms with E-state index in [0.717, 1.165) is 26.4 Å². The van der Waals surface area contributed by atoms with E-state index in [4.69, 9.17) is 17.2 Å². The van der Waals surface area contributed by atoms with Gasteiger partial charge in [0, 0.05) is 11.1 Å². The van der Waals surface area contributed by atoms with Gasteiger partial charge in [-0.15, -0.1) is 0 Å². The molecule has 150 valence electrons. The van der Waals surface area contributed by atoms with Crippen molar-refractivity contribution >= 4 is 34.9 Å². The predicted molar refractivity (Wildman–Crippen MR) is 132 cm³/mol. The van der Waals surface area contributed by atoms with Crippen LogP contribution in [-0.2, 0) is 0 Å². The maximum Gasteiger partial charge on any atom is 0.175 e. The molecule has 0 N–H and O–H groups in total. The summed E-state index contributed by atoms with van der Waals surface area (Å²) in [6.45, 7) is 0. The van der Waals surface area contributed by atoms with Crippen LogP contribution in [-0.4, -0.2) is 9.55 Å². The lowest BCUT2D eigenvalue weighted by molar-refractivity contribution is 0.835. The normalized spacial score (nSPS) is 11.1. The van der Waals surface area contributed by atoms with Crippen LogP contribution in [0.5, 0.6) is 0 Å². The van der Waals surface area contributed by atoms with Gasteiger partial charge in [0.1, 0.15) is 4.64 Å². The van der Waals surface area contributed by atoms with Crippen molar-refractivity contribution in [3.8, 4) is 5.69 Å². The van der Waals surface area contributed by atoms with Crippen LogP contribution in [0.25, 0.3) is 16.6 Å². The average molecular weight is 437 g/mol. The van der Waals surface area contributed by atoms with Gasteiger partial charge >= 0.3 is 0 Å². The Kier molecular flexibility index (Phi) is 5.65. The first-order chi connectivity index (χ1) is 15.3. The van der Waals surface area contributed by atoms with Crippen molar-refractivity contribution in [2.45, 2.75) is 10.4 Å². The van der Waals surface area contributed by atoms with E-state index in [1.165, 1.54) is 11.1 Å². The summed E-state index contributed by atoms with van der Waals surface area (Å²) in [4.78, 5) is 5.06. The van der Waals surface area contributed by atoms with Crippen LogP contribution in [0, 0.1) is 4.64 Å². The molecule has 5 aromatic rings. The third-order valence-electron chi connectivity index (χ3n) is 5.19. The Morgan fingerprint density at radius 1 is 0.645 bits per heavy atom. The van der Waals surface area contributed by atoms with Crippen molar-refractivity contribution in [3.05, 3.63) is 131 Å². The Bertz CT molecular complexity index is 1330. The second-order valence-corrected chi connectivity index (χ2v) is 8.67. The van der Waals surface area contributed by atoms with Crippen molar-refractivity contribution in [1.82, 2.24) is 9.55 Å². The van der Waals surface area contributed by atoms with Crippen LogP contribution in [0.15, 0.2) is 120 Å². The topological polar surface area (TPSA) is 17.8 Å². The molecule has 0 amide bonds. The molecule has 0 unspecified atom stereocenters. The molecule has 31 heavy (non-hydrogen) atoms. The maximum atomic E-state index is 5.96. The molecule has 2 nitrogen and oxygen atoms in total. The summed E-state index contributed by atoms with van der Waals surface area (Å²) in [5.74, 6) is 0. The van der Waals surface area contributed by atoms with E-state index in [2.05, 4.69) is 77.4 Å². The lowest BCUT2D eigenvalue weighted by Gasteiger charge is -2.21. The van der Waals surface area contributed by atoms with Gasteiger partial charge in [-0.25, -0.2) is 4.98 Å². The number of nitrogens with zero attached hydrogens (tertiary/aromatic N) is 2. The van der Waals surface area contributed by atoms with Gasteiger partial charge in [0.2, 0.25) is 0 Å². The molecule has 0 aliphatic heterocycles. The largest absolute Gasteiger partial charge is 0.279 e. The van der Waals surface area contributed by atoms with Gasteiger partial charge in [0.05, 0.1) is 10.8 Å². The number of hydrogen-bond acceptors (Lipinski definition) is 3. The molecule has 4 aromatic carbocycles. The third-order valence-corrected chi connectivity index (χ3v) is 6.85. The molecule has 0 bridgehead atoms. The van der Waals surface area contributed by atoms with Gasteiger partial charge in [-0.05, 0) is 35.4 Å². The van der Waals surface area contributed by atoms with Crippen LogP contribution < -0.4 is 0 Å². The van der Waals surface area contributed by atoms with E-state index in [1.807, 2.05) is 42.5 Å². The molecule has 0 atom stereocenters. The smallest absolute Gasteiger partial charge is 0.175 e. The predicted octanol–water partition coefficient (Wildman–Crippen LogP) is 7.64. The number of rotatable bonds is 5. The SMILES string of the molecule is S=c1c2ccccc2nc(SC(c2ccccc2)c2ccccc2)n1-c1ccccc1. The lowest BCUT2D eigenvalue weighted by Crippen LogP contribution is -2.07. The number of fused-ring (bicyclic) bond motifs is 1. The van der Waals surface area contributed by atoms with Crippen molar-refractivity contribution in [2.75, 3.05) is 0 Å². The first-order valence-corrected chi connectivity index (χ1v) is 11.4. The van der Waals surface area contributed by atoms with Crippen molar-refractivity contribution in [1.29, 1.82) is 0 Å². The van der Waals surface area contributed by atoms with Crippen LogP contribution in [0.1, 0.15) is 16.4 Å². The summed E-state index contributed by atoms with van der Waals surface area (Å²) in [6.07, 6.45) is 0. The first kappa shape index (κ1) is 19.7. The van der Waals surface area contributed by atoms with Gasteiger partial charge in [-0.3, -0.25) is 4.57 Å². The molecule has 1 heterocycles. The van der Waals surface area contributed by atoms with E-state index >= 15 is 0 Å². The fraction of sp³-hybridized carbons (Fsp3) is 0.0370. The zero-order valence-electron chi connectivity index (χ0n) is 16.8. The van der Waals surface area contributed by atoms with Crippen LogP contribution >= 0.6 is 24.0 Å². The number of hydrogen-bond donors (Lipinski definition) is 0. The van der Waals surface area contributed by atoms with E-state index in [9.17, 15) is 0 Å². The summed E-state index contributed by atoms with van der Waals surface area (Å²) >= 11 is 7.69. The van der Waals surface area contributed by atoms with Crippen LogP contribution in [0.2, 0.25) is 0 Å². The molecule has 0 aliphatic carbocycles. The zero-order chi connectivity index (χ0) is 21.0.